The summed E-state index contributed by atoms with van der Waals surface area (Å²) < 4.78 is 23.1. The molecule has 2 unspecified atom stereocenters. The first-order valence-electron chi connectivity index (χ1n) is 7.76. The molecule has 0 aromatic carbocycles. The summed E-state index contributed by atoms with van der Waals surface area (Å²) in [6, 6.07) is 0. The molecule has 2 saturated heterocycles. The Morgan fingerprint density at radius 1 is 1.48 bits per heavy atom. The molecule has 2 heterocycles. The van der Waals surface area contributed by atoms with Crippen molar-refractivity contribution in [3.63, 3.8) is 0 Å². The average molecular weight is 317 g/mol. The van der Waals surface area contributed by atoms with Crippen molar-refractivity contribution < 1.29 is 13.2 Å². The zero-order valence-corrected chi connectivity index (χ0v) is 13.6. The Morgan fingerprint density at radius 2 is 2.24 bits per heavy atom. The molecule has 2 fully saturated rings. The Balaban J connectivity index is 1.82. The van der Waals surface area contributed by atoms with Gasteiger partial charge in [0.25, 0.3) is 0 Å². The third-order valence-electron chi connectivity index (χ3n) is 4.49. The van der Waals surface area contributed by atoms with E-state index in [1.54, 1.807) is 0 Å². The van der Waals surface area contributed by atoms with Crippen molar-refractivity contribution in [1.29, 1.82) is 0 Å². The molecule has 0 spiro atoms. The lowest BCUT2D eigenvalue weighted by Crippen LogP contribution is -2.51. The van der Waals surface area contributed by atoms with Crippen LogP contribution in [0.4, 0.5) is 0 Å². The Hall–Kier alpha value is -0.660. The molecule has 3 N–H and O–H groups in total. The fourth-order valence-corrected chi connectivity index (χ4v) is 5.55. The van der Waals surface area contributed by atoms with Crippen LogP contribution in [-0.2, 0) is 14.6 Å². The average Bonchev–Trinajstić information content (AvgIpc) is 2.63. The van der Waals surface area contributed by atoms with E-state index >= 15 is 0 Å². The number of amides is 1. The van der Waals surface area contributed by atoms with Gasteiger partial charge in [0.15, 0.2) is 9.84 Å². The first-order valence-corrected chi connectivity index (χ1v) is 9.58. The number of likely N-dealkylation sites (tertiary alicyclic amines) is 1. The fourth-order valence-electron chi connectivity index (χ4n) is 3.45. The SMILES string of the molecule is CC1(NC(=O)CN2CCCC(CCN)C2)CCS(=O)(=O)C1. The molecular formula is C14H27N3O3S. The zero-order valence-electron chi connectivity index (χ0n) is 12.8. The largest absolute Gasteiger partial charge is 0.349 e. The van der Waals surface area contributed by atoms with Gasteiger partial charge in [0, 0.05) is 6.54 Å². The van der Waals surface area contributed by atoms with Crippen LogP contribution in [0.1, 0.15) is 32.6 Å². The zero-order chi connectivity index (χ0) is 15.5. The van der Waals surface area contributed by atoms with Crippen molar-refractivity contribution >= 4 is 15.7 Å². The molecule has 2 rings (SSSR count). The lowest BCUT2D eigenvalue weighted by molar-refractivity contribution is -0.124. The minimum absolute atomic E-state index is 0.0571. The van der Waals surface area contributed by atoms with Crippen molar-refractivity contribution in [1.82, 2.24) is 10.2 Å². The molecule has 1 amide bonds. The molecule has 6 nitrogen and oxygen atoms in total. The quantitative estimate of drug-likeness (QED) is 0.729. The Kier molecular flexibility index (Phi) is 5.27. The van der Waals surface area contributed by atoms with E-state index in [0.717, 1.165) is 25.9 Å². The van der Waals surface area contributed by atoms with Crippen molar-refractivity contribution in [3.8, 4) is 0 Å². The summed E-state index contributed by atoms with van der Waals surface area (Å²) in [7, 11) is -2.99. The Labute approximate surface area is 127 Å². The second-order valence-corrected chi connectivity index (χ2v) is 8.96. The van der Waals surface area contributed by atoms with E-state index in [0.29, 0.717) is 25.4 Å². The summed E-state index contributed by atoms with van der Waals surface area (Å²) in [6.45, 7) is 4.73. The normalized spacial score (nSPS) is 33.0. The van der Waals surface area contributed by atoms with Gasteiger partial charge >= 0.3 is 0 Å². The van der Waals surface area contributed by atoms with Crippen LogP contribution >= 0.6 is 0 Å². The highest BCUT2D eigenvalue weighted by molar-refractivity contribution is 7.91. The summed E-state index contributed by atoms with van der Waals surface area (Å²) in [4.78, 5) is 14.3. The van der Waals surface area contributed by atoms with E-state index < -0.39 is 15.4 Å². The maximum absolute atomic E-state index is 12.2. The summed E-state index contributed by atoms with van der Waals surface area (Å²) in [5.41, 5.74) is 5.01. The maximum Gasteiger partial charge on any atom is 0.234 e. The summed E-state index contributed by atoms with van der Waals surface area (Å²) in [5.74, 6) is 0.746. The molecule has 0 aromatic heterocycles. The number of nitrogens with two attached hydrogens (primary N) is 1. The summed E-state index contributed by atoms with van der Waals surface area (Å²) >= 11 is 0. The van der Waals surface area contributed by atoms with Crippen molar-refractivity contribution in [3.05, 3.63) is 0 Å². The van der Waals surface area contributed by atoms with Gasteiger partial charge in [-0.15, -0.1) is 0 Å². The van der Waals surface area contributed by atoms with Crippen molar-refractivity contribution in [2.45, 2.75) is 38.1 Å². The first kappa shape index (κ1) is 16.7. The van der Waals surface area contributed by atoms with Crippen molar-refractivity contribution in [2.75, 3.05) is 37.7 Å². The van der Waals surface area contributed by atoms with Gasteiger partial charge in [-0.2, -0.15) is 0 Å². The van der Waals surface area contributed by atoms with Gasteiger partial charge in [0.1, 0.15) is 0 Å². The van der Waals surface area contributed by atoms with Crippen LogP contribution in [0.3, 0.4) is 0 Å². The molecule has 122 valence electrons. The Morgan fingerprint density at radius 3 is 2.86 bits per heavy atom. The van der Waals surface area contributed by atoms with Gasteiger partial charge in [-0.3, -0.25) is 9.69 Å². The molecule has 0 radical (unpaired) electrons. The van der Waals surface area contributed by atoms with Gasteiger partial charge in [0.2, 0.25) is 5.91 Å². The van der Waals surface area contributed by atoms with Crippen LogP contribution in [0.25, 0.3) is 0 Å². The molecule has 2 aliphatic heterocycles. The number of hydrogen-bond donors (Lipinski definition) is 2. The summed E-state index contributed by atoms with van der Waals surface area (Å²) in [5, 5.41) is 2.92. The van der Waals surface area contributed by atoms with E-state index in [1.165, 1.54) is 6.42 Å². The predicted molar refractivity (Wildman–Crippen MR) is 82.7 cm³/mol. The minimum atomic E-state index is -2.99. The monoisotopic (exact) mass is 317 g/mol. The van der Waals surface area contributed by atoms with Gasteiger partial charge in [-0.05, 0) is 51.6 Å². The molecule has 0 saturated carbocycles. The highest BCUT2D eigenvalue weighted by Crippen LogP contribution is 2.23. The highest BCUT2D eigenvalue weighted by Gasteiger charge is 2.39. The van der Waals surface area contributed by atoms with Crippen LogP contribution in [0.15, 0.2) is 0 Å². The van der Waals surface area contributed by atoms with E-state index in [1.807, 2.05) is 6.92 Å². The molecule has 7 heteroatoms. The Bertz CT molecular complexity index is 478. The number of piperidine rings is 1. The van der Waals surface area contributed by atoms with Crippen LogP contribution in [0, 0.1) is 5.92 Å². The summed E-state index contributed by atoms with van der Waals surface area (Å²) in [6.07, 6.45) is 3.81. The second kappa shape index (κ2) is 6.62. The molecule has 0 bridgehead atoms. The van der Waals surface area contributed by atoms with E-state index in [4.69, 9.17) is 5.73 Å². The van der Waals surface area contributed by atoms with E-state index in [-0.39, 0.29) is 17.4 Å². The van der Waals surface area contributed by atoms with Crippen LogP contribution in [0.2, 0.25) is 0 Å². The number of carbonyl (C=O) groups excluding carboxylic acids is 1. The van der Waals surface area contributed by atoms with Gasteiger partial charge in [-0.25, -0.2) is 8.42 Å². The van der Waals surface area contributed by atoms with E-state index in [2.05, 4.69) is 10.2 Å². The first-order chi connectivity index (χ1) is 9.82. The standard InChI is InChI=1S/C14H27N3O3S/c1-14(5-8-21(19,20)11-14)16-13(18)10-17-7-2-3-12(9-17)4-6-15/h12H,2-11,15H2,1H3,(H,16,18). The fraction of sp³-hybridized carbons (Fsp3) is 0.929. The number of hydrogen-bond acceptors (Lipinski definition) is 5. The molecule has 0 aliphatic carbocycles. The molecular weight excluding hydrogens is 290 g/mol. The molecule has 0 aromatic rings. The number of sulfone groups is 1. The highest BCUT2D eigenvalue weighted by atomic mass is 32.2. The lowest BCUT2D eigenvalue weighted by atomic mass is 9.95. The third kappa shape index (κ3) is 4.93. The number of rotatable bonds is 5. The predicted octanol–water partition coefficient (Wildman–Crippen LogP) is -0.259. The number of nitrogens with zero attached hydrogens (tertiary/aromatic N) is 1. The van der Waals surface area contributed by atoms with Crippen LogP contribution < -0.4 is 11.1 Å². The van der Waals surface area contributed by atoms with Gasteiger partial charge < -0.3 is 11.1 Å². The molecule has 21 heavy (non-hydrogen) atoms. The van der Waals surface area contributed by atoms with Gasteiger partial charge in [0.05, 0.1) is 23.6 Å². The maximum atomic E-state index is 12.2. The lowest BCUT2D eigenvalue weighted by Gasteiger charge is -2.33. The number of carbonyl (C=O) groups is 1. The van der Waals surface area contributed by atoms with Crippen molar-refractivity contribution in [2.24, 2.45) is 11.7 Å². The number of nitrogens with one attached hydrogen (secondary N) is 1. The minimum Gasteiger partial charge on any atom is -0.349 e. The third-order valence-corrected chi connectivity index (χ3v) is 6.39. The topological polar surface area (TPSA) is 92.5 Å². The smallest absolute Gasteiger partial charge is 0.234 e. The van der Waals surface area contributed by atoms with Crippen LogP contribution in [0.5, 0.6) is 0 Å². The van der Waals surface area contributed by atoms with Gasteiger partial charge in [-0.1, -0.05) is 0 Å². The van der Waals surface area contributed by atoms with E-state index in [9.17, 15) is 13.2 Å². The molecule has 2 atom stereocenters. The second-order valence-electron chi connectivity index (χ2n) is 6.77. The molecule has 2 aliphatic rings. The van der Waals surface area contributed by atoms with Crippen LogP contribution in [-0.4, -0.2) is 62.4 Å².